The van der Waals surface area contributed by atoms with Crippen molar-refractivity contribution in [3.63, 3.8) is 0 Å². The van der Waals surface area contributed by atoms with E-state index < -0.39 is 0 Å². The number of aryl methyl sites for hydroxylation is 2. The van der Waals surface area contributed by atoms with Gasteiger partial charge in [-0.2, -0.15) is 0 Å². The Kier molecular flexibility index (Phi) is 4.94. The number of rotatable bonds is 5. The van der Waals surface area contributed by atoms with Gasteiger partial charge in [-0.3, -0.25) is 0 Å². The highest BCUT2D eigenvalue weighted by Gasteiger charge is 2.12. The molecule has 0 aliphatic rings. The molecule has 0 fully saturated rings. The van der Waals surface area contributed by atoms with Gasteiger partial charge in [0.2, 0.25) is 0 Å². The maximum Gasteiger partial charge on any atom is 0.129 e. The second kappa shape index (κ2) is 6.00. The lowest BCUT2D eigenvalue weighted by molar-refractivity contribution is 0.506. The molecule has 0 aliphatic carbocycles. The third-order valence-electron chi connectivity index (χ3n) is 2.89. The second-order valence-corrected chi connectivity index (χ2v) is 4.37. The Morgan fingerprint density at radius 3 is 2.19 bits per heavy atom. The van der Waals surface area contributed by atoms with Crippen molar-refractivity contribution in [2.24, 2.45) is 0 Å². The van der Waals surface area contributed by atoms with E-state index in [2.05, 4.69) is 19.2 Å². The molecule has 0 heterocycles. The van der Waals surface area contributed by atoms with Crippen molar-refractivity contribution < 1.29 is 4.39 Å². The zero-order chi connectivity index (χ0) is 12.1. The molecule has 1 atom stereocenters. The van der Waals surface area contributed by atoms with Crippen LogP contribution < -0.4 is 5.32 Å². The minimum Gasteiger partial charge on any atom is -0.310 e. The van der Waals surface area contributed by atoms with Crippen LogP contribution in [0.2, 0.25) is 0 Å². The number of benzene rings is 1. The Labute approximate surface area is 98.1 Å². The molecule has 1 unspecified atom stereocenters. The lowest BCUT2D eigenvalue weighted by Gasteiger charge is -2.19. The van der Waals surface area contributed by atoms with Gasteiger partial charge in [0.25, 0.3) is 0 Å². The van der Waals surface area contributed by atoms with E-state index in [4.69, 9.17) is 0 Å². The van der Waals surface area contributed by atoms with Gasteiger partial charge in [0.05, 0.1) is 0 Å². The number of halogens is 1. The Hall–Kier alpha value is -0.890. The molecule has 2 heteroatoms. The van der Waals surface area contributed by atoms with E-state index in [1.807, 2.05) is 26.0 Å². The average molecular weight is 223 g/mol. The standard InChI is InChI=1S/C14H22FN/c1-5-7-13(16-6-2)12-8-10(3)14(15)11(4)9-12/h8-9,13,16H,5-7H2,1-4H3. The minimum atomic E-state index is -0.0736. The van der Waals surface area contributed by atoms with Gasteiger partial charge in [0.1, 0.15) is 5.82 Å². The fourth-order valence-electron chi connectivity index (χ4n) is 2.10. The molecule has 0 radical (unpaired) electrons. The lowest BCUT2D eigenvalue weighted by Crippen LogP contribution is -2.21. The number of hydrogen-bond donors (Lipinski definition) is 1. The Bertz CT molecular complexity index is 318. The molecule has 0 saturated carbocycles. The van der Waals surface area contributed by atoms with E-state index in [0.717, 1.165) is 30.5 Å². The smallest absolute Gasteiger partial charge is 0.129 e. The topological polar surface area (TPSA) is 12.0 Å². The summed E-state index contributed by atoms with van der Waals surface area (Å²) in [5.74, 6) is -0.0736. The monoisotopic (exact) mass is 223 g/mol. The first-order chi connectivity index (χ1) is 7.60. The van der Waals surface area contributed by atoms with Crippen molar-refractivity contribution in [1.82, 2.24) is 5.32 Å². The predicted octanol–water partition coefficient (Wildman–Crippen LogP) is 3.89. The molecule has 1 N–H and O–H groups in total. The summed E-state index contributed by atoms with van der Waals surface area (Å²) in [7, 11) is 0. The third kappa shape index (κ3) is 3.05. The van der Waals surface area contributed by atoms with Gasteiger partial charge in [0, 0.05) is 6.04 Å². The van der Waals surface area contributed by atoms with Crippen LogP contribution in [0.3, 0.4) is 0 Å². The summed E-state index contributed by atoms with van der Waals surface area (Å²) in [4.78, 5) is 0. The van der Waals surface area contributed by atoms with Crippen LogP contribution in [-0.2, 0) is 0 Å². The SMILES string of the molecule is CCCC(NCC)c1cc(C)c(F)c(C)c1. The fourth-order valence-corrected chi connectivity index (χ4v) is 2.10. The van der Waals surface area contributed by atoms with Crippen LogP contribution in [0.25, 0.3) is 0 Å². The summed E-state index contributed by atoms with van der Waals surface area (Å²) in [6.07, 6.45) is 2.23. The van der Waals surface area contributed by atoms with Crippen LogP contribution in [0.4, 0.5) is 4.39 Å². The Balaban J connectivity index is 3.00. The molecule has 16 heavy (non-hydrogen) atoms. The lowest BCUT2D eigenvalue weighted by atomic mass is 9.97. The quantitative estimate of drug-likeness (QED) is 0.798. The summed E-state index contributed by atoms with van der Waals surface area (Å²) in [6, 6.07) is 4.28. The Morgan fingerprint density at radius 1 is 1.19 bits per heavy atom. The van der Waals surface area contributed by atoms with E-state index in [1.54, 1.807) is 0 Å². The first kappa shape index (κ1) is 13.2. The molecule has 1 aromatic carbocycles. The van der Waals surface area contributed by atoms with Crippen molar-refractivity contribution in [2.75, 3.05) is 6.54 Å². The van der Waals surface area contributed by atoms with Gasteiger partial charge in [-0.05, 0) is 43.5 Å². The third-order valence-corrected chi connectivity index (χ3v) is 2.89. The van der Waals surface area contributed by atoms with E-state index in [9.17, 15) is 4.39 Å². The maximum absolute atomic E-state index is 13.5. The number of nitrogens with one attached hydrogen (secondary N) is 1. The summed E-state index contributed by atoms with van der Waals surface area (Å²) >= 11 is 0. The van der Waals surface area contributed by atoms with Gasteiger partial charge in [-0.25, -0.2) is 4.39 Å². The highest BCUT2D eigenvalue weighted by Crippen LogP contribution is 2.23. The maximum atomic E-state index is 13.5. The molecule has 1 rings (SSSR count). The highest BCUT2D eigenvalue weighted by atomic mass is 19.1. The molecule has 0 spiro atoms. The molecular formula is C14H22FN. The fraction of sp³-hybridized carbons (Fsp3) is 0.571. The van der Waals surface area contributed by atoms with E-state index in [1.165, 1.54) is 5.56 Å². The van der Waals surface area contributed by atoms with Gasteiger partial charge >= 0.3 is 0 Å². The van der Waals surface area contributed by atoms with Crippen molar-refractivity contribution in [2.45, 2.75) is 46.6 Å². The van der Waals surface area contributed by atoms with Crippen LogP contribution in [-0.4, -0.2) is 6.54 Å². The van der Waals surface area contributed by atoms with Gasteiger partial charge < -0.3 is 5.32 Å². The van der Waals surface area contributed by atoms with Crippen molar-refractivity contribution in [3.05, 3.63) is 34.6 Å². The largest absolute Gasteiger partial charge is 0.310 e. The summed E-state index contributed by atoms with van der Waals surface area (Å²) in [5.41, 5.74) is 2.70. The van der Waals surface area contributed by atoms with Crippen LogP contribution in [0.1, 0.15) is 49.4 Å². The van der Waals surface area contributed by atoms with Crippen LogP contribution in [0.15, 0.2) is 12.1 Å². The van der Waals surface area contributed by atoms with Gasteiger partial charge in [-0.1, -0.05) is 32.4 Å². The molecule has 0 bridgehead atoms. The molecule has 0 amide bonds. The molecule has 90 valence electrons. The normalized spacial score (nSPS) is 12.8. The van der Waals surface area contributed by atoms with Crippen molar-refractivity contribution in [1.29, 1.82) is 0 Å². The summed E-state index contributed by atoms with van der Waals surface area (Å²) in [5, 5.41) is 3.45. The van der Waals surface area contributed by atoms with E-state index in [-0.39, 0.29) is 5.82 Å². The van der Waals surface area contributed by atoms with E-state index >= 15 is 0 Å². The molecule has 0 aliphatic heterocycles. The number of hydrogen-bond acceptors (Lipinski definition) is 1. The average Bonchev–Trinajstić information content (AvgIpc) is 2.25. The summed E-state index contributed by atoms with van der Waals surface area (Å²) < 4.78 is 13.5. The molecule has 0 aromatic heterocycles. The van der Waals surface area contributed by atoms with E-state index in [0.29, 0.717) is 6.04 Å². The molecular weight excluding hydrogens is 201 g/mol. The first-order valence-electron chi connectivity index (χ1n) is 6.10. The zero-order valence-electron chi connectivity index (χ0n) is 10.7. The van der Waals surface area contributed by atoms with Crippen LogP contribution in [0, 0.1) is 19.7 Å². The Morgan fingerprint density at radius 2 is 1.75 bits per heavy atom. The van der Waals surface area contributed by atoms with Gasteiger partial charge in [0.15, 0.2) is 0 Å². The predicted molar refractivity (Wildman–Crippen MR) is 67.2 cm³/mol. The summed E-state index contributed by atoms with van der Waals surface area (Å²) in [6.45, 7) is 8.89. The highest BCUT2D eigenvalue weighted by molar-refractivity contribution is 5.32. The van der Waals surface area contributed by atoms with Crippen molar-refractivity contribution >= 4 is 0 Å². The zero-order valence-corrected chi connectivity index (χ0v) is 10.7. The second-order valence-electron chi connectivity index (χ2n) is 4.37. The van der Waals surface area contributed by atoms with Crippen LogP contribution >= 0.6 is 0 Å². The molecule has 0 saturated heterocycles. The van der Waals surface area contributed by atoms with Crippen LogP contribution in [0.5, 0.6) is 0 Å². The minimum absolute atomic E-state index is 0.0736. The molecule has 1 nitrogen and oxygen atoms in total. The molecule has 1 aromatic rings. The van der Waals surface area contributed by atoms with Crippen molar-refractivity contribution in [3.8, 4) is 0 Å². The van der Waals surface area contributed by atoms with Gasteiger partial charge in [-0.15, -0.1) is 0 Å². The first-order valence-corrected chi connectivity index (χ1v) is 6.10.